The number of halogens is 1. The van der Waals surface area contributed by atoms with Gasteiger partial charge in [0.2, 0.25) is 5.91 Å². The molecule has 1 aromatic heterocycles. The number of nitrogens with one attached hydrogen (secondary N) is 1. The van der Waals surface area contributed by atoms with Crippen LogP contribution in [0.4, 0.5) is 0 Å². The highest BCUT2D eigenvalue weighted by molar-refractivity contribution is 7.17. The zero-order chi connectivity index (χ0) is 13.5. The van der Waals surface area contributed by atoms with Crippen LogP contribution >= 0.6 is 22.9 Å². The molecule has 1 unspecified atom stereocenters. The van der Waals surface area contributed by atoms with E-state index in [1.807, 2.05) is 6.07 Å². The predicted octanol–water partition coefficient (Wildman–Crippen LogP) is 2.94. The SMILES string of the molecule is CC(C)CC(CO)NC(=O)/C=C/c1ccc(Cl)s1. The number of amides is 1. The Balaban J connectivity index is 2.47. The molecule has 0 fully saturated rings. The third kappa shape index (κ3) is 5.67. The molecule has 0 bridgehead atoms. The van der Waals surface area contributed by atoms with E-state index in [0.29, 0.717) is 10.3 Å². The first-order chi connectivity index (χ1) is 8.51. The summed E-state index contributed by atoms with van der Waals surface area (Å²) < 4.78 is 0.697. The van der Waals surface area contributed by atoms with Crippen molar-refractivity contribution in [3.05, 3.63) is 27.4 Å². The van der Waals surface area contributed by atoms with Crippen molar-refractivity contribution in [3.63, 3.8) is 0 Å². The normalized spacial score (nSPS) is 13.2. The average molecular weight is 288 g/mol. The molecule has 0 radical (unpaired) electrons. The highest BCUT2D eigenvalue weighted by Crippen LogP contribution is 2.22. The fourth-order valence-electron chi connectivity index (χ4n) is 1.57. The highest BCUT2D eigenvalue weighted by atomic mass is 35.5. The summed E-state index contributed by atoms with van der Waals surface area (Å²) in [7, 11) is 0. The van der Waals surface area contributed by atoms with Gasteiger partial charge in [0.15, 0.2) is 0 Å². The Morgan fingerprint density at radius 2 is 2.28 bits per heavy atom. The van der Waals surface area contributed by atoms with E-state index < -0.39 is 0 Å². The van der Waals surface area contributed by atoms with Crippen molar-refractivity contribution in [1.29, 1.82) is 0 Å². The van der Waals surface area contributed by atoms with E-state index >= 15 is 0 Å². The molecule has 1 heterocycles. The lowest BCUT2D eigenvalue weighted by Gasteiger charge is -2.16. The van der Waals surface area contributed by atoms with Gasteiger partial charge in [0, 0.05) is 11.0 Å². The summed E-state index contributed by atoms with van der Waals surface area (Å²) >= 11 is 7.21. The minimum atomic E-state index is -0.195. The first-order valence-corrected chi connectivity index (χ1v) is 7.05. The van der Waals surface area contributed by atoms with E-state index in [4.69, 9.17) is 16.7 Å². The molecule has 5 heteroatoms. The molecule has 1 atom stereocenters. The van der Waals surface area contributed by atoms with E-state index in [1.54, 1.807) is 12.1 Å². The molecule has 0 saturated carbocycles. The van der Waals surface area contributed by atoms with Crippen LogP contribution in [0, 0.1) is 5.92 Å². The van der Waals surface area contributed by atoms with Gasteiger partial charge >= 0.3 is 0 Å². The molecule has 0 saturated heterocycles. The average Bonchev–Trinajstić information content (AvgIpc) is 2.71. The van der Waals surface area contributed by atoms with Crippen LogP contribution in [-0.4, -0.2) is 23.7 Å². The molecule has 3 nitrogen and oxygen atoms in total. The number of rotatable bonds is 6. The van der Waals surface area contributed by atoms with Gasteiger partial charge in [-0.25, -0.2) is 0 Å². The molecule has 0 aliphatic heterocycles. The Hall–Kier alpha value is -0.840. The summed E-state index contributed by atoms with van der Waals surface area (Å²) in [4.78, 5) is 12.6. The van der Waals surface area contributed by atoms with Crippen LogP contribution in [0.5, 0.6) is 0 Å². The number of hydrogen-bond acceptors (Lipinski definition) is 3. The molecule has 0 spiro atoms. The Labute approximate surface area is 116 Å². The van der Waals surface area contributed by atoms with Gasteiger partial charge in [-0.15, -0.1) is 11.3 Å². The molecule has 2 N–H and O–H groups in total. The molecule has 1 rings (SSSR count). The van der Waals surface area contributed by atoms with Crippen LogP contribution in [0.1, 0.15) is 25.1 Å². The van der Waals surface area contributed by atoms with Crippen molar-refractivity contribution < 1.29 is 9.90 Å². The lowest BCUT2D eigenvalue weighted by Crippen LogP contribution is -2.37. The second-order valence-electron chi connectivity index (χ2n) is 4.49. The number of carbonyl (C=O) groups is 1. The summed E-state index contributed by atoms with van der Waals surface area (Å²) in [6.07, 6.45) is 3.95. The molecule has 0 aliphatic carbocycles. The molecule has 1 amide bonds. The van der Waals surface area contributed by atoms with E-state index in [0.717, 1.165) is 11.3 Å². The second-order valence-corrected chi connectivity index (χ2v) is 6.24. The first-order valence-electron chi connectivity index (χ1n) is 5.86. The Bertz CT molecular complexity index is 415. The van der Waals surface area contributed by atoms with Crippen molar-refractivity contribution in [2.45, 2.75) is 26.3 Å². The first kappa shape index (κ1) is 15.2. The smallest absolute Gasteiger partial charge is 0.244 e. The Kier molecular flexibility index (Phi) is 6.39. The quantitative estimate of drug-likeness (QED) is 0.791. The van der Waals surface area contributed by atoms with Crippen molar-refractivity contribution >= 4 is 34.9 Å². The molecule has 100 valence electrons. The number of aliphatic hydroxyl groups is 1. The minimum Gasteiger partial charge on any atom is -0.394 e. The highest BCUT2D eigenvalue weighted by Gasteiger charge is 2.11. The van der Waals surface area contributed by atoms with Crippen molar-refractivity contribution in [3.8, 4) is 0 Å². The van der Waals surface area contributed by atoms with Crippen LogP contribution in [0.15, 0.2) is 18.2 Å². The fourth-order valence-corrected chi connectivity index (χ4v) is 2.54. The minimum absolute atomic E-state index is 0.0391. The van der Waals surface area contributed by atoms with E-state index in [1.165, 1.54) is 17.4 Å². The molecule has 0 aromatic carbocycles. The van der Waals surface area contributed by atoms with Gasteiger partial charge in [0.05, 0.1) is 17.0 Å². The summed E-state index contributed by atoms with van der Waals surface area (Å²) in [5, 5.41) is 11.9. The van der Waals surface area contributed by atoms with Crippen LogP contribution in [0.3, 0.4) is 0 Å². The van der Waals surface area contributed by atoms with Crippen molar-refractivity contribution in [2.75, 3.05) is 6.61 Å². The van der Waals surface area contributed by atoms with Gasteiger partial charge in [-0.2, -0.15) is 0 Å². The Morgan fingerprint density at radius 1 is 1.56 bits per heavy atom. The molecule has 18 heavy (non-hydrogen) atoms. The van der Waals surface area contributed by atoms with Gasteiger partial charge < -0.3 is 10.4 Å². The second kappa shape index (κ2) is 7.56. The van der Waals surface area contributed by atoms with Gasteiger partial charge in [-0.05, 0) is 30.5 Å². The van der Waals surface area contributed by atoms with Gasteiger partial charge in [0.1, 0.15) is 0 Å². The third-order valence-electron chi connectivity index (χ3n) is 2.32. The maximum absolute atomic E-state index is 11.6. The molecular weight excluding hydrogens is 270 g/mol. The summed E-state index contributed by atoms with van der Waals surface area (Å²) in [5.41, 5.74) is 0. The molecule has 1 aromatic rings. The standard InChI is InChI=1S/C13H18ClNO2S/c1-9(2)7-10(8-16)15-13(17)6-4-11-3-5-12(14)18-11/h3-6,9-10,16H,7-8H2,1-2H3,(H,15,17)/b6-4+. The van der Waals surface area contributed by atoms with Crippen LogP contribution in [0.2, 0.25) is 4.34 Å². The fraction of sp³-hybridized carbons (Fsp3) is 0.462. The number of aliphatic hydroxyl groups excluding tert-OH is 1. The predicted molar refractivity (Wildman–Crippen MR) is 76.8 cm³/mol. The summed E-state index contributed by atoms with van der Waals surface area (Å²) in [5.74, 6) is 0.238. The zero-order valence-corrected chi connectivity index (χ0v) is 12.1. The van der Waals surface area contributed by atoms with Crippen LogP contribution in [-0.2, 0) is 4.79 Å². The van der Waals surface area contributed by atoms with Gasteiger partial charge in [0.25, 0.3) is 0 Å². The molecular formula is C13H18ClNO2S. The monoisotopic (exact) mass is 287 g/mol. The maximum atomic E-state index is 11.6. The van der Waals surface area contributed by atoms with E-state index in [-0.39, 0.29) is 18.6 Å². The van der Waals surface area contributed by atoms with Crippen molar-refractivity contribution in [2.24, 2.45) is 5.92 Å². The molecule has 0 aliphatic rings. The number of carbonyl (C=O) groups excluding carboxylic acids is 1. The summed E-state index contributed by atoms with van der Waals surface area (Å²) in [6.45, 7) is 4.07. The zero-order valence-electron chi connectivity index (χ0n) is 10.5. The van der Waals surface area contributed by atoms with Crippen LogP contribution in [0.25, 0.3) is 6.08 Å². The topological polar surface area (TPSA) is 49.3 Å². The van der Waals surface area contributed by atoms with E-state index in [9.17, 15) is 4.79 Å². The maximum Gasteiger partial charge on any atom is 0.244 e. The van der Waals surface area contributed by atoms with E-state index in [2.05, 4.69) is 19.2 Å². The van der Waals surface area contributed by atoms with Gasteiger partial charge in [-0.1, -0.05) is 25.4 Å². The van der Waals surface area contributed by atoms with Crippen molar-refractivity contribution in [1.82, 2.24) is 5.32 Å². The van der Waals surface area contributed by atoms with Crippen LogP contribution < -0.4 is 5.32 Å². The lowest BCUT2D eigenvalue weighted by molar-refractivity contribution is -0.117. The Morgan fingerprint density at radius 3 is 2.78 bits per heavy atom. The number of hydrogen-bond donors (Lipinski definition) is 2. The largest absolute Gasteiger partial charge is 0.394 e. The third-order valence-corrected chi connectivity index (χ3v) is 3.51. The lowest BCUT2D eigenvalue weighted by atomic mass is 10.0. The number of thiophene rings is 1. The van der Waals surface area contributed by atoms with Gasteiger partial charge in [-0.3, -0.25) is 4.79 Å². The summed E-state index contributed by atoms with van der Waals surface area (Å²) in [6, 6.07) is 3.46.